The van der Waals surface area contributed by atoms with Crippen molar-refractivity contribution in [3.63, 3.8) is 0 Å². The van der Waals surface area contributed by atoms with Crippen molar-refractivity contribution in [1.29, 1.82) is 0 Å². The molecule has 0 N–H and O–H groups in total. The first-order valence-electron chi connectivity index (χ1n) is 5.96. The number of phosphoric acid groups is 1. The van der Waals surface area contributed by atoms with Crippen molar-refractivity contribution in [3.05, 3.63) is 60.7 Å². The molecule has 0 amide bonds. The Bertz CT molecular complexity index is 502. The number of para-hydroxylation sites is 2. The zero-order valence-electron chi connectivity index (χ0n) is 10.6. The van der Waals surface area contributed by atoms with Gasteiger partial charge in [0.05, 0.1) is 6.61 Å². The van der Waals surface area contributed by atoms with E-state index in [0.29, 0.717) is 11.5 Å². The average Bonchev–Trinajstić information content (AvgIpc) is 2.41. The fourth-order valence-corrected chi connectivity index (χ4v) is 2.67. The van der Waals surface area contributed by atoms with Gasteiger partial charge in [-0.25, -0.2) is 4.57 Å². The van der Waals surface area contributed by atoms with E-state index in [0.717, 1.165) is 0 Å². The number of rotatable bonds is 6. The first-order chi connectivity index (χ1) is 9.22. The minimum atomic E-state index is -3.66. The van der Waals surface area contributed by atoms with Gasteiger partial charge >= 0.3 is 37.4 Å². The maximum atomic E-state index is 12.5. The third-order valence-corrected chi connectivity index (χ3v) is 3.65. The van der Waals surface area contributed by atoms with E-state index in [-0.39, 0.29) is 36.2 Å². The van der Waals surface area contributed by atoms with Crippen LogP contribution in [0.15, 0.2) is 60.7 Å². The second-order valence-electron chi connectivity index (χ2n) is 3.67. The third-order valence-electron chi connectivity index (χ3n) is 2.21. The quantitative estimate of drug-likeness (QED) is 0.603. The monoisotopic (exact) mass is 302 g/mol. The normalized spacial score (nSPS) is 10.4. The van der Waals surface area contributed by atoms with Gasteiger partial charge in [0.25, 0.3) is 0 Å². The van der Waals surface area contributed by atoms with E-state index in [1.165, 1.54) is 0 Å². The third kappa shape index (κ3) is 5.31. The summed E-state index contributed by atoms with van der Waals surface area (Å²) in [5.74, 6) is 0.880. The predicted molar refractivity (Wildman–Crippen MR) is 80.5 cm³/mol. The number of phosphoric ester groups is 1. The van der Waals surface area contributed by atoms with Crippen LogP contribution >= 0.6 is 7.82 Å². The summed E-state index contributed by atoms with van der Waals surface area (Å²) in [6.07, 6.45) is 0. The number of benzene rings is 2. The minimum absolute atomic E-state index is 0. The molecule has 0 unspecified atom stereocenters. The predicted octanol–water partition coefficient (Wildman–Crippen LogP) is 3.64. The van der Waals surface area contributed by atoms with Crippen LogP contribution in [0.3, 0.4) is 0 Å². The molecule has 20 heavy (non-hydrogen) atoms. The first-order valence-corrected chi connectivity index (χ1v) is 7.42. The van der Waals surface area contributed by atoms with Gasteiger partial charge in [-0.1, -0.05) is 36.4 Å². The van der Waals surface area contributed by atoms with E-state index in [4.69, 9.17) is 13.6 Å². The Hall–Kier alpha value is -0.770. The molecular formula is C14H16NaO4P. The summed E-state index contributed by atoms with van der Waals surface area (Å²) in [5.41, 5.74) is 0. The number of hydrogen-bond acceptors (Lipinski definition) is 4. The molecule has 102 valence electrons. The van der Waals surface area contributed by atoms with Crippen LogP contribution in [0.5, 0.6) is 11.5 Å². The maximum absolute atomic E-state index is 12.5. The molecule has 0 heterocycles. The molecule has 0 aliphatic rings. The fraction of sp³-hybridized carbons (Fsp3) is 0.143. The van der Waals surface area contributed by atoms with Gasteiger partial charge in [0.2, 0.25) is 0 Å². The topological polar surface area (TPSA) is 44.8 Å². The van der Waals surface area contributed by atoms with Crippen LogP contribution < -0.4 is 9.05 Å². The van der Waals surface area contributed by atoms with Crippen molar-refractivity contribution in [2.75, 3.05) is 6.61 Å². The van der Waals surface area contributed by atoms with Crippen LogP contribution in [0, 0.1) is 0 Å². The van der Waals surface area contributed by atoms with Crippen molar-refractivity contribution in [1.82, 2.24) is 0 Å². The van der Waals surface area contributed by atoms with E-state index in [2.05, 4.69) is 0 Å². The second-order valence-corrected chi connectivity index (χ2v) is 5.19. The van der Waals surface area contributed by atoms with E-state index < -0.39 is 7.82 Å². The van der Waals surface area contributed by atoms with Gasteiger partial charge in [0, 0.05) is 0 Å². The zero-order chi connectivity index (χ0) is 13.6. The molecule has 0 fully saturated rings. The Morgan fingerprint density at radius 2 is 1.25 bits per heavy atom. The van der Waals surface area contributed by atoms with E-state index in [1.807, 2.05) is 12.1 Å². The Balaban J connectivity index is 0.00000200. The van der Waals surface area contributed by atoms with E-state index in [9.17, 15) is 4.57 Å². The van der Waals surface area contributed by atoms with E-state index in [1.54, 1.807) is 55.5 Å². The SMILES string of the molecule is CCOP(=O)(Oc1ccccc1)Oc1ccccc1.[NaH]. The van der Waals surface area contributed by atoms with Gasteiger partial charge in [-0.05, 0) is 31.2 Å². The average molecular weight is 302 g/mol. The van der Waals surface area contributed by atoms with Crippen LogP contribution in [0.2, 0.25) is 0 Å². The van der Waals surface area contributed by atoms with Crippen LogP contribution in [0.1, 0.15) is 6.92 Å². The summed E-state index contributed by atoms with van der Waals surface area (Å²) in [7, 11) is -3.66. The Kier molecular flexibility index (Phi) is 7.35. The second kappa shape index (κ2) is 8.50. The van der Waals surface area contributed by atoms with Gasteiger partial charge in [-0.15, -0.1) is 0 Å². The summed E-state index contributed by atoms with van der Waals surface area (Å²) in [4.78, 5) is 0. The van der Waals surface area contributed by atoms with Gasteiger partial charge in [0.1, 0.15) is 11.5 Å². The molecule has 0 saturated heterocycles. The summed E-state index contributed by atoms with van der Waals surface area (Å²) >= 11 is 0. The van der Waals surface area contributed by atoms with Crippen LogP contribution in [-0.4, -0.2) is 36.2 Å². The van der Waals surface area contributed by atoms with Crippen LogP contribution in [-0.2, 0) is 9.09 Å². The Morgan fingerprint density at radius 3 is 1.60 bits per heavy atom. The summed E-state index contributed by atoms with van der Waals surface area (Å²) < 4.78 is 28.3. The zero-order valence-corrected chi connectivity index (χ0v) is 11.5. The van der Waals surface area contributed by atoms with Crippen molar-refractivity contribution >= 4 is 37.4 Å². The molecule has 0 saturated carbocycles. The van der Waals surface area contributed by atoms with Crippen LogP contribution in [0.4, 0.5) is 0 Å². The van der Waals surface area contributed by atoms with Gasteiger partial charge < -0.3 is 9.05 Å². The molecule has 0 atom stereocenters. The molecule has 0 radical (unpaired) electrons. The molecule has 2 aromatic rings. The molecule has 0 aliphatic carbocycles. The summed E-state index contributed by atoms with van der Waals surface area (Å²) in [5, 5.41) is 0. The van der Waals surface area contributed by atoms with Crippen LogP contribution in [0.25, 0.3) is 0 Å². The molecule has 0 bridgehead atoms. The molecule has 0 spiro atoms. The molecule has 2 rings (SSSR count). The van der Waals surface area contributed by atoms with Gasteiger partial charge in [0.15, 0.2) is 0 Å². The molecule has 0 aromatic heterocycles. The Morgan fingerprint density at radius 1 is 0.850 bits per heavy atom. The van der Waals surface area contributed by atoms with Crippen molar-refractivity contribution in [2.45, 2.75) is 6.92 Å². The molecule has 2 aromatic carbocycles. The molecule has 0 aliphatic heterocycles. The first kappa shape index (κ1) is 17.3. The molecule has 6 heteroatoms. The Labute approximate surface area is 141 Å². The molecular weight excluding hydrogens is 286 g/mol. The van der Waals surface area contributed by atoms with Crippen molar-refractivity contribution in [3.8, 4) is 11.5 Å². The van der Waals surface area contributed by atoms with Gasteiger partial charge in [-0.2, -0.15) is 0 Å². The summed E-state index contributed by atoms with van der Waals surface area (Å²) in [6.45, 7) is 1.96. The van der Waals surface area contributed by atoms with E-state index >= 15 is 0 Å². The fourth-order valence-electron chi connectivity index (χ4n) is 1.45. The number of hydrogen-bond donors (Lipinski definition) is 0. The summed E-state index contributed by atoms with van der Waals surface area (Å²) in [6, 6.07) is 17.6. The molecule has 4 nitrogen and oxygen atoms in total. The van der Waals surface area contributed by atoms with Crippen molar-refractivity contribution in [2.24, 2.45) is 0 Å². The standard InChI is InChI=1S/C14H15O4P.Na.H/c1-2-16-19(15,17-13-9-5-3-6-10-13)18-14-11-7-4-8-12-14;;/h3-12H,2H2,1H3;;. The van der Waals surface area contributed by atoms with Crippen molar-refractivity contribution < 1.29 is 18.1 Å². The van der Waals surface area contributed by atoms with Gasteiger partial charge in [-0.3, -0.25) is 4.52 Å².